The van der Waals surface area contributed by atoms with Gasteiger partial charge in [0.1, 0.15) is 0 Å². The van der Waals surface area contributed by atoms with Crippen molar-refractivity contribution in [3.8, 4) is 0 Å². The Morgan fingerprint density at radius 2 is 1.74 bits per heavy atom. The van der Waals surface area contributed by atoms with Gasteiger partial charge in [-0.15, -0.1) is 0 Å². The number of nitrogens with one attached hydrogen (secondary N) is 1. The van der Waals surface area contributed by atoms with E-state index in [0.29, 0.717) is 5.92 Å². The molecule has 108 valence electrons. The highest BCUT2D eigenvalue weighted by atomic mass is 32.2. The Hall–Kier alpha value is -0.470. The third-order valence-corrected chi connectivity index (χ3v) is 4.27. The van der Waals surface area contributed by atoms with Crippen LogP contribution in [0.1, 0.15) is 50.5 Å². The SMILES string of the molecule is CSCCCCCCNCCC(C)c1ccccc1. The van der Waals surface area contributed by atoms with Crippen molar-refractivity contribution in [3.05, 3.63) is 35.9 Å². The van der Waals surface area contributed by atoms with Gasteiger partial charge in [-0.05, 0) is 55.8 Å². The second kappa shape index (κ2) is 11.4. The van der Waals surface area contributed by atoms with Crippen LogP contribution in [0.4, 0.5) is 0 Å². The predicted molar refractivity (Wildman–Crippen MR) is 89.2 cm³/mol. The molecule has 0 aliphatic heterocycles. The molecule has 1 aromatic rings. The molecule has 0 aliphatic rings. The zero-order valence-electron chi connectivity index (χ0n) is 12.5. The Kier molecular flexibility index (Phi) is 9.92. The second-order valence-electron chi connectivity index (χ2n) is 5.26. The molecule has 0 saturated carbocycles. The van der Waals surface area contributed by atoms with E-state index in [1.807, 2.05) is 11.8 Å². The van der Waals surface area contributed by atoms with Gasteiger partial charge in [-0.25, -0.2) is 0 Å². The highest BCUT2D eigenvalue weighted by molar-refractivity contribution is 7.98. The van der Waals surface area contributed by atoms with Gasteiger partial charge >= 0.3 is 0 Å². The van der Waals surface area contributed by atoms with E-state index in [0.717, 1.165) is 6.54 Å². The van der Waals surface area contributed by atoms with E-state index < -0.39 is 0 Å². The van der Waals surface area contributed by atoms with Gasteiger partial charge in [-0.2, -0.15) is 11.8 Å². The smallest absolute Gasteiger partial charge is 0.00432 e. The molecule has 0 saturated heterocycles. The van der Waals surface area contributed by atoms with Crippen molar-refractivity contribution in [1.29, 1.82) is 0 Å². The summed E-state index contributed by atoms with van der Waals surface area (Å²) in [7, 11) is 0. The van der Waals surface area contributed by atoms with Gasteiger partial charge in [0, 0.05) is 0 Å². The highest BCUT2D eigenvalue weighted by Crippen LogP contribution is 2.17. The summed E-state index contributed by atoms with van der Waals surface area (Å²) in [6.45, 7) is 4.64. The van der Waals surface area contributed by atoms with Crippen LogP contribution in [0.5, 0.6) is 0 Å². The van der Waals surface area contributed by atoms with Crippen molar-refractivity contribution in [2.24, 2.45) is 0 Å². The minimum atomic E-state index is 0.662. The summed E-state index contributed by atoms with van der Waals surface area (Å²) in [4.78, 5) is 0. The molecule has 19 heavy (non-hydrogen) atoms. The quantitative estimate of drug-likeness (QED) is 0.590. The second-order valence-corrected chi connectivity index (χ2v) is 6.24. The fourth-order valence-corrected chi connectivity index (χ4v) is 2.73. The zero-order chi connectivity index (χ0) is 13.8. The van der Waals surface area contributed by atoms with E-state index in [1.165, 1.54) is 50.0 Å². The van der Waals surface area contributed by atoms with Gasteiger partial charge in [0.05, 0.1) is 0 Å². The average Bonchev–Trinajstić information content (AvgIpc) is 2.46. The number of hydrogen-bond acceptors (Lipinski definition) is 2. The Morgan fingerprint density at radius 3 is 2.47 bits per heavy atom. The highest BCUT2D eigenvalue weighted by Gasteiger charge is 2.03. The molecular formula is C17H29NS. The van der Waals surface area contributed by atoms with E-state index in [4.69, 9.17) is 0 Å². The van der Waals surface area contributed by atoms with Crippen molar-refractivity contribution in [2.45, 2.75) is 44.9 Å². The summed E-state index contributed by atoms with van der Waals surface area (Å²) >= 11 is 1.96. The van der Waals surface area contributed by atoms with Crippen LogP contribution in [-0.2, 0) is 0 Å². The van der Waals surface area contributed by atoms with Crippen LogP contribution in [-0.4, -0.2) is 25.1 Å². The van der Waals surface area contributed by atoms with Gasteiger partial charge in [-0.3, -0.25) is 0 Å². The van der Waals surface area contributed by atoms with Crippen molar-refractivity contribution < 1.29 is 0 Å². The third-order valence-electron chi connectivity index (χ3n) is 3.57. The van der Waals surface area contributed by atoms with E-state index in [2.05, 4.69) is 48.8 Å². The molecule has 1 nitrogen and oxygen atoms in total. The summed E-state index contributed by atoms with van der Waals surface area (Å²) in [6.07, 6.45) is 8.90. The van der Waals surface area contributed by atoms with E-state index in [1.54, 1.807) is 0 Å². The number of rotatable bonds is 11. The lowest BCUT2D eigenvalue weighted by molar-refractivity contribution is 0.561. The molecule has 1 N–H and O–H groups in total. The van der Waals surface area contributed by atoms with Gasteiger partial charge in [-0.1, -0.05) is 50.1 Å². The largest absolute Gasteiger partial charge is 0.317 e. The average molecular weight is 279 g/mol. The summed E-state index contributed by atoms with van der Waals surface area (Å²) in [5.41, 5.74) is 1.46. The fraction of sp³-hybridized carbons (Fsp3) is 0.647. The molecule has 0 radical (unpaired) electrons. The summed E-state index contributed by atoms with van der Waals surface area (Å²) in [5, 5.41) is 3.57. The van der Waals surface area contributed by atoms with Crippen molar-refractivity contribution >= 4 is 11.8 Å². The van der Waals surface area contributed by atoms with Crippen molar-refractivity contribution in [1.82, 2.24) is 5.32 Å². The first-order valence-corrected chi connectivity index (χ1v) is 8.98. The normalized spacial score (nSPS) is 12.5. The summed E-state index contributed by atoms with van der Waals surface area (Å²) in [6, 6.07) is 10.8. The number of benzene rings is 1. The molecule has 0 fully saturated rings. The molecule has 1 unspecified atom stereocenters. The molecule has 0 amide bonds. The van der Waals surface area contributed by atoms with Crippen LogP contribution < -0.4 is 5.32 Å². The molecule has 2 heteroatoms. The summed E-state index contributed by atoms with van der Waals surface area (Å²) in [5.74, 6) is 1.98. The first-order valence-electron chi connectivity index (χ1n) is 7.59. The lowest BCUT2D eigenvalue weighted by Crippen LogP contribution is -2.18. The van der Waals surface area contributed by atoms with Gasteiger partial charge in [0.15, 0.2) is 0 Å². The Morgan fingerprint density at radius 1 is 1.00 bits per heavy atom. The minimum Gasteiger partial charge on any atom is -0.317 e. The lowest BCUT2D eigenvalue weighted by Gasteiger charge is -2.12. The molecule has 1 aromatic carbocycles. The van der Waals surface area contributed by atoms with Crippen LogP contribution in [0.3, 0.4) is 0 Å². The van der Waals surface area contributed by atoms with E-state index >= 15 is 0 Å². The van der Waals surface area contributed by atoms with Crippen molar-refractivity contribution in [3.63, 3.8) is 0 Å². The number of hydrogen-bond donors (Lipinski definition) is 1. The van der Waals surface area contributed by atoms with Crippen LogP contribution in [0.25, 0.3) is 0 Å². The van der Waals surface area contributed by atoms with E-state index in [9.17, 15) is 0 Å². The molecular weight excluding hydrogens is 250 g/mol. The first-order chi connectivity index (χ1) is 9.34. The third kappa shape index (κ3) is 8.33. The maximum Gasteiger partial charge on any atom is -0.00432 e. The Balaban J connectivity index is 1.93. The maximum absolute atomic E-state index is 3.57. The zero-order valence-corrected chi connectivity index (χ0v) is 13.3. The molecule has 0 aliphatic carbocycles. The van der Waals surface area contributed by atoms with Crippen LogP contribution in [0.2, 0.25) is 0 Å². The molecule has 1 rings (SSSR count). The minimum absolute atomic E-state index is 0.662. The lowest BCUT2D eigenvalue weighted by atomic mass is 9.98. The molecule has 0 heterocycles. The van der Waals surface area contributed by atoms with Crippen LogP contribution in [0, 0.1) is 0 Å². The topological polar surface area (TPSA) is 12.0 Å². The standard InChI is InChI=1S/C17H29NS/c1-16(17-10-6-5-7-11-17)12-14-18-13-8-3-4-9-15-19-2/h5-7,10-11,16,18H,3-4,8-9,12-15H2,1-2H3. The Bertz CT molecular complexity index is 299. The van der Waals surface area contributed by atoms with Crippen molar-refractivity contribution in [2.75, 3.05) is 25.1 Å². The van der Waals surface area contributed by atoms with Gasteiger partial charge < -0.3 is 5.32 Å². The molecule has 0 aromatic heterocycles. The van der Waals surface area contributed by atoms with Crippen LogP contribution in [0.15, 0.2) is 30.3 Å². The van der Waals surface area contributed by atoms with Gasteiger partial charge in [0.2, 0.25) is 0 Å². The predicted octanol–water partition coefficient (Wildman–Crippen LogP) is 4.69. The fourth-order valence-electron chi connectivity index (χ4n) is 2.24. The molecule has 0 spiro atoms. The van der Waals surface area contributed by atoms with Crippen LogP contribution >= 0.6 is 11.8 Å². The maximum atomic E-state index is 3.57. The first kappa shape index (κ1) is 16.6. The molecule has 0 bridgehead atoms. The monoisotopic (exact) mass is 279 g/mol. The number of unbranched alkanes of at least 4 members (excludes halogenated alkanes) is 3. The van der Waals surface area contributed by atoms with E-state index in [-0.39, 0.29) is 0 Å². The molecule has 1 atom stereocenters. The number of thioether (sulfide) groups is 1. The Labute approximate surface area is 123 Å². The van der Waals surface area contributed by atoms with Gasteiger partial charge in [0.25, 0.3) is 0 Å². The summed E-state index contributed by atoms with van der Waals surface area (Å²) < 4.78 is 0.